The van der Waals surface area contributed by atoms with Crippen molar-refractivity contribution in [1.29, 1.82) is 0 Å². The number of quaternary nitrogens is 1. The molecule has 0 aliphatic heterocycles. The molecule has 398 valence electrons. The first-order valence-corrected chi connectivity index (χ1v) is 30.5. The number of esters is 1. The molecule has 0 radical (unpaired) electrons. The Morgan fingerprint density at radius 2 is 0.851 bits per heavy atom. The van der Waals surface area contributed by atoms with Crippen molar-refractivity contribution in [2.45, 2.75) is 303 Å². The number of carbonyl (C=O) groups is 2. The summed E-state index contributed by atoms with van der Waals surface area (Å²) in [5.74, 6) is -0.488. The second-order valence-electron chi connectivity index (χ2n) is 21.2. The van der Waals surface area contributed by atoms with Crippen molar-refractivity contribution in [1.82, 2.24) is 5.32 Å². The van der Waals surface area contributed by atoms with Crippen LogP contribution < -0.4 is 5.32 Å². The van der Waals surface area contributed by atoms with Crippen molar-refractivity contribution in [2.75, 3.05) is 40.9 Å². The molecular formula is C57H114N2O7P+. The Morgan fingerprint density at radius 1 is 0.507 bits per heavy atom. The van der Waals surface area contributed by atoms with E-state index >= 15 is 0 Å². The molecule has 0 aromatic heterocycles. The number of phosphoric ester groups is 1. The fraction of sp³-hybridized carbons (Fsp3) is 0.930. The Morgan fingerprint density at radius 3 is 1.22 bits per heavy atom. The van der Waals surface area contributed by atoms with E-state index in [2.05, 4.69) is 26.1 Å². The number of ether oxygens (including phenoxy) is 1. The lowest BCUT2D eigenvalue weighted by molar-refractivity contribution is -0.870. The highest BCUT2D eigenvalue weighted by Crippen LogP contribution is 2.43. The second-order valence-corrected chi connectivity index (χ2v) is 22.6. The van der Waals surface area contributed by atoms with Crippen molar-refractivity contribution in [2.24, 2.45) is 0 Å². The number of allylic oxidation sites excluding steroid dienone is 1. The average Bonchev–Trinajstić information content (AvgIpc) is 3.28. The maximum absolute atomic E-state index is 13.5. The van der Waals surface area contributed by atoms with Crippen LogP contribution in [0.4, 0.5) is 0 Å². The van der Waals surface area contributed by atoms with Crippen molar-refractivity contribution >= 4 is 19.7 Å². The van der Waals surface area contributed by atoms with Crippen molar-refractivity contribution < 1.29 is 37.3 Å². The number of hydrogen-bond acceptors (Lipinski definition) is 6. The van der Waals surface area contributed by atoms with Crippen molar-refractivity contribution in [3.63, 3.8) is 0 Å². The normalized spacial score (nSPS) is 13.8. The summed E-state index contributed by atoms with van der Waals surface area (Å²) in [6.07, 6.45) is 53.4. The van der Waals surface area contributed by atoms with Crippen LogP contribution in [0.5, 0.6) is 0 Å². The summed E-state index contributed by atoms with van der Waals surface area (Å²) in [6.45, 7) is 7.04. The molecule has 0 aromatic carbocycles. The summed E-state index contributed by atoms with van der Waals surface area (Å²) in [6, 6.07) is -0.837. The van der Waals surface area contributed by atoms with Gasteiger partial charge in [-0.25, -0.2) is 4.57 Å². The standard InChI is InChI=1S/C57H113N2O7P/c1-7-10-13-16-19-22-25-27-28-29-30-32-35-37-40-43-46-49-56(60)58-54(53-65-67(62,63)64-52-51-59(4,5)6)55(48-45-42-39-36-34-31-26-23-20-17-14-11-8-2)66-57(61)50-47-44-41-38-33-24-21-18-15-12-9-3/h45,48,54-55H,7-44,46-47,49-53H2,1-6H3,(H-,58,60,62,63)/p+1/b48-45+. The summed E-state index contributed by atoms with van der Waals surface area (Å²) in [5.41, 5.74) is 0. The van der Waals surface area contributed by atoms with Gasteiger partial charge in [0.05, 0.1) is 33.8 Å². The van der Waals surface area contributed by atoms with Gasteiger partial charge in [0.25, 0.3) is 0 Å². The molecule has 0 aromatic rings. The first kappa shape index (κ1) is 65.8. The van der Waals surface area contributed by atoms with Crippen molar-refractivity contribution in [3.05, 3.63) is 12.2 Å². The Bertz CT molecular complexity index is 1160. The highest BCUT2D eigenvalue weighted by molar-refractivity contribution is 7.47. The van der Waals surface area contributed by atoms with E-state index in [0.717, 1.165) is 57.8 Å². The molecule has 67 heavy (non-hydrogen) atoms. The predicted molar refractivity (Wildman–Crippen MR) is 287 cm³/mol. The number of nitrogens with zero attached hydrogens (tertiary/aromatic N) is 1. The zero-order chi connectivity index (χ0) is 49.4. The van der Waals surface area contributed by atoms with Gasteiger partial charge in [0.15, 0.2) is 0 Å². The minimum absolute atomic E-state index is 0.0455. The van der Waals surface area contributed by atoms with E-state index < -0.39 is 20.0 Å². The molecule has 2 N–H and O–H groups in total. The Hall–Kier alpha value is -1.25. The zero-order valence-electron chi connectivity index (χ0n) is 45.4. The molecule has 0 saturated heterocycles. The molecular weight excluding hydrogens is 856 g/mol. The molecule has 3 unspecified atom stereocenters. The number of carbonyl (C=O) groups excluding carboxylic acids is 2. The fourth-order valence-corrected chi connectivity index (χ4v) is 9.44. The number of nitrogens with one attached hydrogen (secondary N) is 1. The molecule has 0 bridgehead atoms. The maximum atomic E-state index is 13.5. The first-order chi connectivity index (χ1) is 32.4. The van der Waals surface area contributed by atoms with E-state index in [0.29, 0.717) is 23.9 Å². The van der Waals surface area contributed by atoms with Gasteiger partial charge in [0.1, 0.15) is 19.3 Å². The summed E-state index contributed by atoms with van der Waals surface area (Å²) in [4.78, 5) is 37.5. The minimum Gasteiger partial charge on any atom is -0.456 e. The number of hydrogen-bond donors (Lipinski definition) is 2. The summed E-state index contributed by atoms with van der Waals surface area (Å²) < 4.78 is 30.6. The van der Waals surface area contributed by atoms with Gasteiger partial charge in [-0.2, -0.15) is 0 Å². The third kappa shape index (κ3) is 49.5. The fourth-order valence-electron chi connectivity index (χ4n) is 8.71. The minimum atomic E-state index is -4.43. The SMILES string of the molecule is CCCCCCCCCCCCC/C=C/C(OC(=O)CCCCCCCCCCCCC)C(COP(=O)(O)OCC[N+](C)(C)C)NC(=O)CCCCCCCCCCCCCCCCCCC. The number of likely N-dealkylation sites (N-methyl/N-ethyl adjacent to an activating group) is 1. The smallest absolute Gasteiger partial charge is 0.456 e. The molecule has 9 nitrogen and oxygen atoms in total. The van der Waals surface area contributed by atoms with Crippen LogP contribution in [-0.2, 0) is 27.9 Å². The number of amides is 1. The van der Waals surface area contributed by atoms with Crippen LogP contribution in [0.3, 0.4) is 0 Å². The molecule has 0 heterocycles. The lowest BCUT2D eigenvalue weighted by Gasteiger charge is -2.27. The third-order valence-corrected chi connectivity index (χ3v) is 14.2. The van der Waals surface area contributed by atoms with Crippen molar-refractivity contribution in [3.8, 4) is 0 Å². The summed E-state index contributed by atoms with van der Waals surface area (Å²) >= 11 is 0. The van der Waals surface area contributed by atoms with Crippen LogP contribution in [0.2, 0.25) is 0 Å². The predicted octanol–water partition coefficient (Wildman–Crippen LogP) is 17.2. The monoisotopic (exact) mass is 970 g/mol. The average molecular weight is 971 g/mol. The third-order valence-electron chi connectivity index (χ3n) is 13.2. The van der Waals surface area contributed by atoms with Gasteiger partial charge in [-0.15, -0.1) is 0 Å². The van der Waals surface area contributed by atoms with Crippen LogP contribution in [0.1, 0.15) is 290 Å². The van der Waals surface area contributed by atoms with E-state index in [-0.39, 0.29) is 25.1 Å². The van der Waals surface area contributed by atoms with Gasteiger partial charge in [0, 0.05) is 12.8 Å². The second kappa shape index (κ2) is 48.4. The van der Waals surface area contributed by atoms with Crippen LogP contribution in [0.15, 0.2) is 12.2 Å². The van der Waals surface area contributed by atoms with Gasteiger partial charge in [0.2, 0.25) is 5.91 Å². The van der Waals surface area contributed by atoms with Crippen LogP contribution in [0.25, 0.3) is 0 Å². The first-order valence-electron chi connectivity index (χ1n) is 29.0. The van der Waals surface area contributed by atoms with Gasteiger partial charge in [-0.1, -0.05) is 258 Å². The molecule has 3 atom stereocenters. The molecule has 0 rings (SSSR count). The van der Waals surface area contributed by atoms with Crippen LogP contribution in [0, 0.1) is 0 Å². The molecule has 0 fully saturated rings. The van der Waals surface area contributed by atoms with Gasteiger partial charge >= 0.3 is 13.8 Å². The number of rotatable bonds is 53. The summed E-state index contributed by atoms with van der Waals surface area (Å²) in [7, 11) is 1.51. The lowest BCUT2D eigenvalue weighted by Crippen LogP contribution is -2.47. The van der Waals surface area contributed by atoms with Gasteiger partial charge in [-0.05, 0) is 31.8 Å². The number of unbranched alkanes of at least 4 members (excludes halogenated alkanes) is 37. The van der Waals surface area contributed by atoms with Crippen LogP contribution in [-0.4, -0.2) is 74.3 Å². The number of phosphoric acid groups is 1. The molecule has 0 aliphatic rings. The lowest BCUT2D eigenvalue weighted by atomic mass is 10.0. The molecule has 1 amide bonds. The summed E-state index contributed by atoms with van der Waals surface area (Å²) in [5, 5.41) is 3.06. The Balaban J connectivity index is 5.28. The van der Waals surface area contributed by atoms with Gasteiger partial charge in [-0.3, -0.25) is 18.6 Å². The van der Waals surface area contributed by atoms with Crippen LogP contribution >= 0.6 is 7.82 Å². The van der Waals surface area contributed by atoms with E-state index in [1.54, 1.807) is 0 Å². The largest absolute Gasteiger partial charge is 0.472 e. The molecule has 10 heteroatoms. The highest BCUT2D eigenvalue weighted by Gasteiger charge is 2.30. The van der Waals surface area contributed by atoms with E-state index in [4.69, 9.17) is 13.8 Å². The molecule has 0 saturated carbocycles. The highest BCUT2D eigenvalue weighted by atomic mass is 31.2. The topological polar surface area (TPSA) is 111 Å². The zero-order valence-corrected chi connectivity index (χ0v) is 46.3. The Kier molecular flexibility index (Phi) is 47.5. The van der Waals surface area contributed by atoms with E-state index in [9.17, 15) is 19.0 Å². The molecule has 0 spiro atoms. The molecule has 0 aliphatic carbocycles. The maximum Gasteiger partial charge on any atom is 0.472 e. The van der Waals surface area contributed by atoms with E-state index in [1.165, 1.54) is 199 Å². The van der Waals surface area contributed by atoms with E-state index in [1.807, 2.05) is 33.3 Å². The van der Waals surface area contributed by atoms with Gasteiger partial charge < -0.3 is 19.4 Å². The quantitative estimate of drug-likeness (QED) is 0.0205. The Labute approximate surface area is 416 Å².